The molecule has 2 aromatic rings. The van der Waals surface area contributed by atoms with Crippen LogP contribution in [0, 0.1) is 0 Å². The highest BCUT2D eigenvalue weighted by Crippen LogP contribution is 2.43. The first-order valence-electron chi connectivity index (χ1n) is 9.03. The number of aromatic nitrogens is 2. The minimum absolute atomic E-state index is 0.113. The fraction of sp³-hybridized carbons (Fsp3) is 0.350. The Morgan fingerprint density at radius 1 is 1.19 bits per heavy atom. The number of thioether (sulfide) groups is 1. The van der Waals surface area contributed by atoms with E-state index in [-0.39, 0.29) is 17.3 Å². The SMILES string of the molecule is CC(C)Sc1nc2c(c(=O)[nH]1)[C@@H](c1ccc(Br)cc1)C1=C(CCCC1=O)N2. The number of allylic oxidation sites excluding steroid dienone is 2. The van der Waals surface area contributed by atoms with Gasteiger partial charge >= 0.3 is 0 Å². The van der Waals surface area contributed by atoms with Crippen LogP contribution in [0.5, 0.6) is 0 Å². The Kier molecular flexibility index (Phi) is 4.99. The highest BCUT2D eigenvalue weighted by Gasteiger charge is 2.37. The molecule has 5 nitrogen and oxygen atoms in total. The Hall–Kier alpha value is -1.86. The standard InChI is InChI=1S/C20H20BrN3O2S/c1-10(2)27-20-23-18-17(19(26)24-20)15(11-6-8-12(21)9-7-11)16-13(22-18)4-3-5-14(16)25/h6-10,15H,3-5H2,1-2H3,(H2,22,23,24,26)/t15-/m0/s1. The number of Topliss-reactive ketones (excluding diaryl/α,β-unsaturated/α-hetero) is 1. The molecule has 1 atom stereocenters. The molecule has 2 aliphatic rings. The first-order valence-corrected chi connectivity index (χ1v) is 10.7. The summed E-state index contributed by atoms with van der Waals surface area (Å²) in [5.41, 5.74) is 2.89. The van der Waals surface area contributed by atoms with Crippen LogP contribution >= 0.6 is 27.7 Å². The van der Waals surface area contributed by atoms with Crippen LogP contribution < -0.4 is 10.9 Å². The van der Waals surface area contributed by atoms with Crippen LogP contribution in [0.4, 0.5) is 5.82 Å². The highest BCUT2D eigenvalue weighted by atomic mass is 79.9. The van der Waals surface area contributed by atoms with E-state index in [9.17, 15) is 9.59 Å². The Morgan fingerprint density at radius 3 is 2.63 bits per heavy atom. The number of hydrogen-bond acceptors (Lipinski definition) is 5. The molecule has 1 aromatic carbocycles. The fourth-order valence-corrected chi connectivity index (χ4v) is 4.71. The Bertz CT molecular complexity index is 995. The van der Waals surface area contributed by atoms with Gasteiger partial charge in [-0.25, -0.2) is 4.98 Å². The van der Waals surface area contributed by atoms with Crippen molar-refractivity contribution >= 4 is 39.3 Å². The molecular weight excluding hydrogens is 426 g/mol. The predicted molar refractivity (Wildman–Crippen MR) is 111 cm³/mol. The lowest BCUT2D eigenvalue weighted by molar-refractivity contribution is -0.116. The molecule has 1 aromatic heterocycles. The molecule has 2 heterocycles. The molecular formula is C20H20BrN3O2S. The van der Waals surface area contributed by atoms with Gasteiger partial charge in [0.25, 0.3) is 5.56 Å². The topological polar surface area (TPSA) is 74.8 Å². The summed E-state index contributed by atoms with van der Waals surface area (Å²) in [6.07, 6.45) is 2.15. The van der Waals surface area contributed by atoms with Crippen molar-refractivity contribution in [1.29, 1.82) is 0 Å². The summed E-state index contributed by atoms with van der Waals surface area (Å²) >= 11 is 4.97. The van der Waals surface area contributed by atoms with Crippen molar-refractivity contribution in [3.8, 4) is 0 Å². The van der Waals surface area contributed by atoms with Gasteiger partial charge in [0.15, 0.2) is 10.9 Å². The predicted octanol–water partition coefficient (Wildman–Crippen LogP) is 4.60. The number of benzene rings is 1. The van der Waals surface area contributed by atoms with Crippen LogP contribution in [0.3, 0.4) is 0 Å². The van der Waals surface area contributed by atoms with Gasteiger partial charge in [0.05, 0.1) is 5.56 Å². The van der Waals surface area contributed by atoms with Gasteiger partial charge in [-0.1, -0.05) is 53.7 Å². The van der Waals surface area contributed by atoms with E-state index in [2.05, 4.69) is 45.1 Å². The van der Waals surface area contributed by atoms with Crippen LogP contribution in [-0.2, 0) is 4.79 Å². The zero-order valence-electron chi connectivity index (χ0n) is 15.1. The summed E-state index contributed by atoms with van der Waals surface area (Å²) < 4.78 is 0.959. The minimum atomic E-state index is -0.383. The van der Waals surface area contributed by atoms with Crippen LogP contribution in [0.15, 0.2) is 50.0 Å². The van der Waals surface area contributed by atoms with Crippen LogP contribution in [0.1, 0.15) is 50.2 Å². The van der Waals surface area contributed by atoms with Crippen molar-refractivity contribution in [2.24, 2.45) is 0 Å². The number of halogens is 1. The number of nitrogens with zero attached hydrogens (tertiary/aromatic N) is 1. The number of rotatable bonds is 3. The third-order valence-electron chi connectivity index (χ3n) is 4.79. The summed E-state index contributed by atoms with van der Waals surface area (Å²) in [6.45, 7) is 4.12. The van der Waals surface area contributed by atoms with Gasteiger partial charge in [0.1, 0.15) is 5.82 Å². The molecule has 2 N–H and O–H groups in total. The zero-order valence-corrected chi connectivity index (χ0v) is 17.5. The molecule has 7 heteroatoms. The first kappa shape index (κ1) is 18.5. The molecule has 1 aliphatic carbocycles. The molecule has 0 spiro atoms. The van der Waals surface area contributed by atoms with Crippen molar-refractivity contribution < 1.29 is 4.79 Å². The van der Waals surface area contributed by atoms with Gasteiger partial charge in [-0.2, -0.15) is 0 Å². The molecule has 27 heavy (non-hydrogen) atoms. The Morgan fingerprint density at radius 2 is 1.93 bits per heavy atom. The highest BCUT2D eigenvalue weighted by molar-refractivity contribution is 9.10. The quantitative estimate of drug-likeness (QED) is 0.533. The average Bonchev–Trinajstić information content (AvgIpc) is 2.60. The smallest absolute Gasteiger partial charge is 0.257 e. The number of fused-ring (bicyclic) bond motifs is 1. The number of anilines is 1. The lowest BCUT2D eigenvalue weighted by Crippen LogP contribution is -2.32. The molecule has 0 unspecified atom stereocenters. The summed E-state index contributed by atoms with van der Waals surface area (Å²) in [4.78, 5) is 33.3. The van der Waals surface area contributed by atoms with E-state index in [1.165, 1.54) is 11.8 Å². The van der Waals surface area contributed by atoms with Gasteiger partial charge < -0.3 is 10.3 Å². The number of H-pyrrole nitrogens is 1. The van der Waals surface area contributed by atoms with Crippen molar-refractivity contribution in [2.45, 2.75) is 49.4 Å². The second kappa shape index (κ2) is 7.28. The van der Waals surface area contributed by atoms with E-state index in [4.69, 9.17) is 0 Å². The van der Waals surface area contributed by atoms with E-state index in [1.54, 1.807) is 0 Å². The number of nitrogens with one attached hydrogen (secondary N) is 2. The van der Waals surface area contributed by atoms with Crippen molar-refractivity contribution in [3.05, 3.63) is 61.5 Å². The van der Waals surface area contributed by atoms with Crippen molar-refractivity contribution in [2.75, 3.05) is 5.32 Å². The number of carbonyl (C=O) groups is 1. The first-order chi connectivity index (χ1) is 12.9. The zero-order chi connectivity index (χ0) is 19.1. The normalized spacial score (nSPS) is 19.0. The average molecular weight is 446 g/mol. The monoisotopic (exact) mass is 445 g/mol. The van der Waals surface area contributed by atoms with Crippen molar-refractivity contribution in [3.63, 3.8) is 0 Å². The molecule has 0 radical (unpaired) electrons. The molecule has 0 bridgehead atoms. The van der Waals surface area contributed by atoms with Gasteiger partial charge in [0, 0.05) is 33.3 Å². The summed E-state index contributed by atoms with van der Waals surface area (Å²) in [7, 11) is 0. The van der Waals surface area contributed by atoms with Gasteiger partial charge in [-0.3, -0.25) is 9.59 Å². The Balaban J connectivity index is 1.92. The van der Waals surface area contributed by atoms with Crippen LogP contribution in [0.25, 0.3) is 0 Å². The minimum Gasteiger partial charge on any atom is -0.343 e. The lowest BCUT2D eigenvalue weighted by atomic mass is 9.76. The van der Waals surface area contributed by atoms with Gasteiger partial charge in [0.2, 0.25) is 0 Å². The lowest BCUT2D eigenvalue weighted by Gasteiger charge is -2.32. The van der Waals surface area contributed by atoms with E-state index in [0.29, 0.717) is 33.8 Å². The number of aromatic amines is 1. The second-order valence-corrected chi connectivity index (χ2v) is 9.56. The van der Waals surface area contributed by atoms with Crippen molar-refractivity contribution in [1.82, 2.24) is 9.97 Å². The molecule has 140 valence electrons. The molecule has 0 saturated carbocycles. The van der Waals surface area contributed by atoms with E-state index in [1.807, 2.05) is 24.3 Å². The van der Waals surface area contributed by atoms with Crippen LogP contribution in [-0.4, -0.2) is 21.0 Å². The number of carbonyl (C=O) groups excluding carboxylic acids is 1. The largest absolute Gasteiger partial charge is 0.343 e. The van der Waals surface area contributed by atoms with Crippen LogP contribution in [0.2, 0.25) is 0 Å². The third-order valence-corrected chi connectivity index (χ3v) is 6.20. The summed E-state index contributed by atoms with van der Waals surface area (Å²) in [5.74, 6) is 0.303. The number of hydrogen-bond donors (Lipinski definition) is 2. The summed E-state index contributed by atoms with van der Waals surface area (Å²) in [6, 6.07) is 7.81. The third kappa shape index (κ3) is 3.50. The maximum Gasteiger partial charge on any atom is 0.257 e. The van der Waals surface area contributed by atoms with E-state index in [0.717, 1.165) is 28.6 Å². The molecule has 4 rings (SSSR count). The molecule has 0 saturated heterocycles. The molecule has 1 aliphatic heterocycles. The molecule has 0 fully saturated rings. The van der Waals surface area contributed by atoms with E-state index < -0.39 is 0 Å². The van der Waals surface area contributed by atoms with Gasteiger partial charge in [-0.15, -0.1) is 0 Å². The van der Waals surface area contributed by atoms with E-state index >= 15 is 0 Å². The maximum absolute atomic E-state index is 13.0. The fourth-order valence-electron chi connectivity index (χ4n) is 3.71. The Labute approximate surface area is 170 Å². The summed E-state index contributed by atoms with van der Waals surface area (Å²) in [5, 5.41) is 4.21. The number of ketones is 1. The second-order valence-electron chi connectivity index (χ2n) is 7.08. The molecule has 0 amide bonds. The maximum atomic E-state index is 13.0. The van der Waals surface area contributed by atoms with Gasteiger partial charge in [-0.05, 0) is 30.5 Å².